The Labute approximate surface area is 176 Å². The zero-order valence-corrected chi connectivity index (χ0v) is 17.3. The average molecular weight is 429 g/mol. The molecule has 1 aromatic carbocycles. The molecule has 7 nitrogen and oxygen atoms in total. The summed E-state index contributed by atoms with van der Waals surface area (Å²) in [6, 6.07) is 5.48. The molecule has 2 heterocycles. The normalized spacial score (nSPS) is 21.3. The molecule has 4 amide bonds. The molecular formula is C19H26Cl2N4O3. The monoisotopic (exact) mass is 428 g/mol. The molecule has 2 aliphatic heterocycles. The Bertz CT molecular complexity index is 718. The van der Waals surface area contributed by atoms with Crippen molar-refractivity contribution in [2.24, 2.45) is 11.7 Å². The van der Waals surface area contributed by atoms with Gasteiger partial charge in [-0.25, -0.2) is 9.69 Å². The number of halogens is 2. The second-order valence-electron chi connectivity index (χ2n) is 7.27. The second-order valence-corrected chi connectivity index (χ2v) is 7.70. The van der Waals surface area contributed by atoms with E-state index in [0.29, 0.717) is 36.1 Å². The van der Waals surface area contributed by atoms with E-state index in [1.807, 2.05) is 11.8 Å². The number of nitrogens with one attached hydrogen (secondary N) is 1. The maximum absolute atomic E-state index is 12.6. The van der Waals surface area contributed by atoms with E-state index in [2.05, 4.69) is 5.32 Å². The zero-order valence-electron chi connectivity index (χ0n) is 15.8. The van der Waals surface area contributed by atoms with Crippen molar-refractivity contribution in [1.29, 1.82) is 0 Å². The summed E-state index contributed by atoms with van der Waals surface area (Å²) < 4.78 is 0. The molecule has 2 unspecified atom stereocenters. The van der Waals surface area contributed by atoms with Gasteiger partial charge in [0.1, 0.15) is 6.04 Å². The highest BCUT2D eigenvalue weighted by Gasteiger charge is 2.39. The number of piperidine rings is 1. The molecular weight excluding hydrogens is 403 g/mol. The number of benzene rings is 1. The second kappa shape index (κ2) is 9.58. The quantitative estimate of drug-likeness (QED) is 0.704. The van der Waals surface area contributed by atoms with Crippen LogP contribution in [-0.2, 0) is 9.59 Å². The van der Waals surface area contributed by atoms with Gasteiger partial charge in [-0.2, -0.15) is 0 Å². The van der Waals surface area contributed by atoms with Gasteiger partial charge in [-0.15, -0.1) is 12.4 Å². The summed E-state index contributed by atoms with van der Waals surface area (Å²) in [5, 5.41) is 3.19. The third-order valence-corrected chi connectivity index (χ3v) is 5.64. The first-order chi connectivity index (χ1) is 12.9. The first kappa shape index (κ1) is 22.5. The molecule has 28 heavy (non-hydrogen) atoms. The summed E-state index contributed by atoms with van der Waals surface area (Å²) in [5.41, 5.74) is 6.40. The maximum atomic E-state index is 12.6. The molecule has 0 bridgehead atoms. The molecule has 0 aromatic heterocycles. The molecule has 154 valence electrons. The summed E-state index contributed by atoms with van der Waals surface area (Å²) in [5.74, 6) is 0.133. The van der Waals surface area contributed by atoms with E-state index < -0.39 is 12.1 Å². The Morgan fingerprint density at radius 1 is 1.25 bits per heavy atom. The van der Waals surface area contributed by atoms with Crippen molar-refractivity contribution >= 4 is 47.5 Å². The van der Waals surface area contributed by atoms with Crippen LogP contribution in [0, 0.1) is 5.92 Å². The van der Waals surface area contributed by atoms with Crippen LogP contribution in [0.3, 0.4) is 0 Å². The lowest BCUT2D eigenvalue weighted by molar-refractivity contribution is -0.133. The lowest BCUT2D eigenvalue weighted by Crippen LogP contribution is -2.43. The maximum Gasteiger partial charge on any atom is 0.329 e. The van der Waals surface area contributed by atoms with Gasteiger partial charge in [0.25, 0.3) is 5.91 Å². The van der Waals surface area contributed by atoms with Crippen LogP contribution in [0.2, 0.25) is 5.02 Å². The molecule has 3 N–H and O–H groups in total. The van der Waals surface area contributed by atoms with Gasteiger partial charge < -0.3 is 16.0 Å². The van der Waals surface area contributed by atoms with Gasteiger partial charge in [0, 0.05) is 30.6 Å². The SMILES string of the molecule is CC(N)C1CCN(C(=O)CCC2NC(=O)N(c3ccc(Cl)cc3)C2=O)CC1.Cl. The fourth-order valence-corrected chi connectivity index (χ4v) is 3.79. The molecule has 2 aliphatic rings. The molecule has 9 heteroatoms. The lowest BCUT2D eigenvalue weighted by atomic mass is 9.91. The highest BCUT2D eigenvalue weighted by atomic mass is 35.5. The third-order valence-electron chi connectivity index (χ3n) is 5.39. The van der Waals surface area contributed by atoms with Crippen LogP contribution < -0.4 is 16.0 Å². The van der Waals surface area contributed by atoms with E-state index in [-0.39, 0.29) is 36.7 Å². The molecule has 0 spiro atoms. The highest BCUT2D eigenvalue weighted by molar-refractivity contribution is 6.30. The van der Waals surface area contributed by atoms with Crippen molar-refractivity contribution in [2.45, 2.75) is 44.7 Å². The fourth-order valence-electron chi connectivity index (χ4n) is 3.66. The van der Waals surface area contributed by atoms with Gasteiger partial charge >= 0.3 is 6.03 Å². The predicted molar refractivity (Wildman–Crippen MR) is 111 cm³/mol. The molecule has 0 aliphatic carbocycles. The van der Waals surface area contributed by atoms with Crippen LogP contribution in [0.25, 0.3) is 0 Å². The Balaban J connectivity index is 0.00000280. The highest BCUT2D eigenvalue weighted by Crippen LogP contribution is 2.24. The molecule has 2 fully saturated rings. The third kappa shape index (κ3) is 4.96. The standard InChI is InChI=1S/C19H25ClN4O3.ClH/c1-12(21)13-8-10-23(11-9-13)17(25)7-6-16-18(26)24(19(27)22-16)15-4-2-14(20)3-5-15;/h2-5,12-13,16H,6-11,21H2,1H3,(H,22,27);1H. The Morgan fingerprint density at radius 3 is 2.43 bits per heavy atom. The number of hydrogen-bond donors (Lipinski definition) is 2. The number of amides is 4. The molecule has 2 atom stereocenters. The van der Waals surface area contributed by atoms with Gasteiger partial charge in [0.15, 0.2) is 0 Å². The fraction of sp³-hybridized carbons (Fsp3) is 0.526. The van der Waals surface area contributed by atoms with Gasteiger partial charge in [-0.3, -0.25) is 9.59 Å². The smallest absolute Gasteiger partial charge is 0.329 e. The number of likely N-dealkylation sites (tertiary alicyclic amines) is 1. The van der Waals surface area contributed by atoms with Crippen LogP contribution in [0.15, 0.2) is 24.3 Å². The lowest BCUT2D eigenvalue weighted by Gasteiger charge is -2.33. The molecule has 0 radical (unpaired) electrons. The van der Waals surface area contributed by atoms with E-state index in [1.165, 1.54) is 0 Å². The molecule has 0 saturated carbocycles. The topological polar surface area (TPSA) is 95.7 Å². The van der Waals surface area contributed by atoms with Crippen LogP contribution in [0.4, 0.5) is 10.5 Å². The first-order valence-electron chi connectivity index (χ1n) is 9.30. The number of nitrogens with zero attached hydrogens (tertiary/aromatic N) is 2. The summed E-state index contributed by atoms with van der Waals surface area (Å²) >= 11 is 5.85. The molecule has 2 saturated heterocycles. The van der Waals surface area contributed by atoms with Gasteiger partial charge in [0.2, 0.25) is 5.91 Å². The number of anilines is 1. The number of urea groups is 1. The Kier molecular flexibility index (Phi) is 7.69. The average Bonchev–Trinajstić information content (AvgIpc) is 2.94. The van der Waals surface area contributed by atoms with E-state index in [4.69, 9.17) is 17.3 Å². The number of imide groups is 1. The number of nitrogens with two attached hydrogens (primary N) is 1. The van der Waals surface area contributed by atoms with E-state index in [0.717, 1.165) is 17.7 Å². The number of hydrogen-bond acceptors (Lipinski definition) is 4. The van der Waals surface area contributed by atoms with Crippen molar-refractivity contribution in [3.8, 4) is 0 Å². The predicted octanol–water partition coefficient (Wildman–Crippen LogP) is 2.55. The van der Waals surface area contributed by atoms with E-state index in [1.54, 1.807) is 24.3 Å². The number of carbonyl (C=O) groups excluding carboxylic acids is 3. The van der Waals surface area contributed by atoms with Crippen LogP contribution >= 0.6 is 24.0 Å². The summed E-state index contributed by atoms with van der Waals surface area (Å²) in [4.78, 5) is 40.1. The summed E-state index contributed by atoms with van der Waals surface area (Å²) in [6.45, 7) is 3.41. The van der Waals surface area contributed by atoms with Crippen molar-refractivity contribution in [1.82, 2.24) is 10.2 Å². The number of rotatable bonds is 5. The van der Waals surface area contributed by atoms with Crippen molar-refractivity contribution < 1.29 is 14.4 Å². The van der Waals surface area contributed by atoms with Crippen molar-refractivity contribution in [3.63, 3.8) is 0 Å². The van der Waals surface area contributed by atoms with Crippen molar-refractivity contribution in [2.75, 3.05) is 18.0 Å². The minimum Gasteiger partial charge on any atom is -0.343 e. The van der Waals surface area contributed by atoms with E-state index >= 15 is 0 Å². The van der Waals surface area contributed by atoms with Gasteiger partial charge in [-0.05, 0) is 56.4 Å². The minimum atomic E-state index is -0.682. The van der Waals surface area contributed by atoms with Gasteiger partial charge in [0.05, 0.1) is 5.69 Å². The van der Waals surface area contributed by atoms with Crippen LogP contribution in [0.5, 0.6) is 0 Å². The van der Waals surface area contributed by atoms with Crippen molar-refractivity contribution in [3.05, 3.63) is 29.3 Å². The number of carbonyl (C=O) groups is 3. The largest absolute Gasteiger partial charge is 0.343 e. The molecule has 3 rings (SSSR count). The first-order valence-corrected chi connectivity index (χ1v) is 9.68. The zero-order chi connectivity index (χ0) is 19.6. The van der Waals surface area contributed by atoms with Crippen LogP contribution in [-0.4, -0.2) is 47.9 Å². The summed E-state index contributed by atoms with van der Waals surface area (Å²) in [6.07, 6.45) is 2.34. The van der Waals surface area contributed by atoms with E-state index in [9.17, 15) is 14.4 Å². The molecule has 1 aromatic rings. The Morgan fingerprint density at radius 2 is 1.86 bits per heavy atom. The summed E-state index contributed by atoms with van der Waals surface area (Å²) in [7, 11) is 0. The minimum absolute atomic E-state index is 0. The Hall–Kier alpha value is -1.83. The van der Waals surface area contributed by atoms with Crippen LogP contribution in [0.1, 0.15) is 32.6 Å². The van der Waals surface area contributed by atoms with Gasteiger partial charge in [-0.1, -0.05) is 11.6 Å².